The van der Waals surface area contributed by atoms with E-state index in [1.165, 1.54) is 43.3 Å². The summed E-state index contributed by atoms with van der Waals surface area (Å²) in [4.78, 5) is 2.38. The van der Waals surface area contributed by atoms with E-state index >= 15 is 0 Å². The number of rotatable bonds is 5. The zero-order chi connectivity index (χ0) is 33.0. The Kier molecular flexibility index (Phi) is 6.56. The highest BCUT2D eigenvalue weighted by Gasteiger charge is 2.28. The van der Waals surface area contributed by atoms with Crippen molar-refractivity contribution in [3.8, 4) is 16.9 Å². The van der Waals surface area contributed by atoms with E-state index in [4.69, 9.17) is 4.74 Å². The predicted molar refractivity (Wildman–Crippen MR) is 210 cm³/mol. The Morgan fingerprint density at radius 1 is 0.420 bits per heavy atom. The maximum atomic E-state index is 6.63. The fourth-order valence-corrected chi connectivity index (χ4v) is 7.61. The lowest BCUT2D eigenvalue weighted by molar-refractivity contribution is 0.262. The molecule has 1 unspecified atom stereocenters. The van der Waals surface area contributed by atoms with Gasteiger partial charge < -0.3 is 15.0 Å². The number of nitrogens with zero attached hydrogens (tertiary/aromatic N) is 1. The Bertz CT molecular complexity index is 2710. The van der Waals surface area contributed by atoms with Crippen LogP contribution in [0.2, 0.25) is 0 Å². The summed E-state index contributed by atoms with van der Waals surface area (Å²) in [7, 11) is 0. The van der Waals surface area contributed by atoms with Crippen LogP contribution in [-0.4, -0.2) is 0 Å². The molecule has 0 spiro atoms. The largest absolute Gasteiger partial charge is 0.464 e. The van der Waals surface area contributed by atoms with Crippen molar-refractivity contribution in [3.05, 3.63) is 188 Å². The topological polar surface area (TPSA) is 24.5 Å². The predicted octanol–water partition coefficient (Wildman–Crippen LogP) is 12.9. The van der Waals surface area contributed by atoms with Crippen molar-refractivity contribution >= 4 is 65.8 Å². The minimum Gasteiger partial charge on any atom is -0.464 e. The Morgan fingerprint density at radius 3 is 1.92 bits per heavy atom. The summed E-state index contributed by atoms with van der Waals surface area (Å²) in [5.41, 5.74) is 7.89. The molecule has 50 heavy (non-hydrogen) atoms. The van der Waals surface area contributed by atoms with Gasteiger partial charge in [-0.15, -0.1) is 0 Å². The molecule has 0 bridgehead atoms. The van der Waals surface area contributed by atoms with E-state index in [9.17, 15) is 0 Å². The van der Waals surface area contributed by atoms with Crippen molar-refractivity contribution in [1.82, 2.24) is 0 Å². The first-order chi connectivity index (χ1) is 24.8. The second-order valence-corrected chi connectivity index (χ2v) is 13.0. The molecule has 3 nitrogen and oxygen atoms in total. The van der Waals surface area contributed by atoms with Gasteiger partial charge in [0.1, 0.15) is 0 Å². The molecule has 0 fully saturated rings. The zero-order valence-corrected chi connectivity index (χ0v) is 27.3. The third-order valence-corrected chi connectivity index (χ3v) is 10.0. The van der Waals surface area contributed by atoms with E-state index in [2.05, 4.69) is 186 Å². The van der Waals surface area contributed by atoms with Gasteiger partial charge in [0.05, 0.1) is 11.4 Å². The molecule has 0 radical (unpaired) electrons. The molecule has 1 heterocycles. The van der Waals surface area contributed by atoms with Gasteiger partial charge in [0.15, 0.2) is 12.0 Å². The molecule has 1 aliphatic rings. The van der Waals surface area contributed by atoms with Crippen LogP contribution in [0, 0.1) is 0 Å². The average Bonchev–Trinajstić information content (AvgIpc) is 3.65. The van der Waals surface area contributed by atoms with Crippen LogP contribution in [0.25, 0.3) is 54.2 Å². The highest BCUT2D eigenvalue weighted by atomic mass is 16.5. The minimum absolute atomic E-state index is 0.222. The van der Waals surface area contributed by atoms with Gasteiger partial charge in [0.2, 0.25) is 0 Å². The van der Waals surface area contributed by atoms with Crippen molar-refractivity contribution in [3.63, 3.8) is 0 Å². The van der Waals surface area contributed by atoms with Crippen LogP contribution in [0.4, 0.5) is 22.7 Å². The molecule has 0 aliphatic carbocycles. The zero-order valence-electron chi connectivity index (χ0n) is 27.3. The van der Waals surface area contributed by atoms with Gasteiger partial charge in [-0.2, -0.15) is 0 Å². The van der Waals surface area contributed by atoms with Gasteiger partial charge in [-0.05, 0) is 80.5 Å². The summed E-state index contributed by atoms with van der Waals surface area (Å²) in [5, 5.41) is 13.2. The summed E-state index contributed by atoms with van der Waals surface area (Å²) in [5.74, 6) is 0.913. The van der Waals surface area contributed by atoms with Crippen LogP contribution in [0.3, 0.4) is 0 Å². The lowest BCUT2D eigenvalue weighted by Gasteiger charge is -2.27. The number of fused-ring (bicyclic) bond motifs is 8. The second kappa shape index (κ2) is 11.5. The Morgan fingerprint density at radius 2 is 1.08 bits per heavy atom. The van der Waals surface area contributed by atoms with Crippen LogP contribution in [0.1, 0.15) is 11.8 Å². The molecule has 0 saturated carbocycles. The van der Waals surface area contributed by atoms with E-state index in [-0.39, 0.29) is 6.23 Å². The molecule has 9 aromatic carbocycles. The summed E-state index contributed by atoms with van der Waals surface area (Å²) in [6.45, 7) is 0. The summed E-state index contributed by atoms with van der Waals surface area (Å²) < 4.78 is 6.63. The molecule has 0 amide bonds. The molecule has 236 valence electrons. The van der Waals surface area contributed by atoms with E-state index in [0.29, 0.717) is 0 Å². The van der Waals surface area contributed by atoms with Gasteiger partial charge in [-0.1, -0.05) is 140 Å². The minimum atomic E-state index is -0.222. The van der Waals surface area contributed by atoms with E-state index in [0.717, 1.165) is 45.0 Å². The number of hydrogen-bond donors (Lipinski definition) is 1. The molecule has 1 atom stereocenters. The SMILES string of the molecule is c1ccc(C2Nc3c(c4ccc(-c5ccc(N(c6ccc7ccccc7c6)c6cccc7ccccc67)cc5)cc4c4ccccc34)O2)cc1. The summed E-state index contributed by atoms with van der Waals surface area (Å²) in [6.07, 6.45) is -0.222. The number of nitrogens with one attached hydrogen (secondary N) is 1. The van der Waals surface area contributed by atoms with Crippen LogP contribution in [-0.2, 0) is 0 Å². The maximum Gasteiger partial charge on any atom is 0.196 e. The van der Waals surface area contributed by atoms with Crippen LogP contribution >= 0.6 is 0 Å². The van der Waals surface area contributed by atoms with E-state index in [1.54, 1.807) is 0 Å². The van der Waals surface area contributed by atoms with Gasteiger partial charge in [-0.3, -0.25) is 0 Å². The molecular weight excluding hydrogens is 609 g/mol. The first kappa shape index (κ1) is 28.4. The highest BCUT2D eigenvalue weighted by Crippen LogP contribution is 2.49. The summed E-state index contributed by atoms with van der Waals surface area (Å²) in [6, 6.07) is 65.2. The first-order valence-electron chi connectivity index (χ1n) is 17.1. The van der Waals surface area contributed by atoms with Crippen molar-refractivity contribution < 1.29 is 4.74 Å². The van der Waals surface area contributed by atoms with Crippen LogP contribution in [0.5, 0.6) is 5.75 Å². The molecule has 10 rings (SSSR count). The van der Waals surface area contributed by atoms with Gasteiger partial charge in [-0.25, -0.2) is 0 Å². The summed E-state index contributed by atoms with van der Waals surface area (Å²) >= 11 is 0. The molecule has 1 N–H and O–H groups in total. The third-order valence-electron chi connectivity index (χ3n) is 10.0. The quantitative estimate of drug-likeness (QED) is 0.189. The van der Waals surface area contributed by atoms with E-state index in [1.807, 2.05) is 6.07 Å². The number of anilines is 4. The van der Waals surface area contributed by atoms with Crippen molar-refractivity contribution in [2.75, 3.05) is 10.2 Å². The number of benzene rings is 9. The van der Waals surface area contributed by atoms with Crippen LogP contribution in [0.15, 0.2) is 182 Å². The molecule has 0 saturated heterocycles. The Hall–Kier alpha value is -6.58. The van der Waals surface area contributed by atoms with Crippen LogP contribution < -0.4 is 15.0 Å². The van der Waals surface area contributed by atoms with Gasteiger partial charge in [0, 0.05) is 33.1 Å². The smallest absolute Gasteiger partial charge is 0.196 e. The lowest BCUT2D eigenvalue weighted by Crippen LogP contribution is -2.10. The Balaban J connectivity index is 1.08. The third kappa shape index (κ3) is 4.67. The number of ether oxygens (including phenoxy) is 1. The molecular formula is C47H32N2O. The van der Waals surface area contributed by atoms with Gasteiger partial charge in [0.25, 0.3) is 0 Å². The fourth-order valence-electron chi connectivity index (χ4n) is 7.61. The Labute approximate surface area is 290 Å². The maximum absolute atomic E-state index is 6.63. The van der Waals surface area contributed by atoms with Gasteiger partial charge >= 0.3 is 0 Å². The standard InChI is InChI=1S/C47H32N2O/c1-2-13-34(14-3-1)47-48-45-41-19-9-8-18-40(41)43-30-36(24-28-42(43)46(45)50-47)32-21-25-37(26-22-32)49(38-27-23-31-11-4-5-15-35(31)29-38)44-20-10-16-33-12-6-7-17-39(33)44/h1-30,47-48H. The fraction of sp³-hybridized carbons (Fsp3) is 0.0213. The molecule has 0 aromatic heterocycles. The molecule has 1 aliphatic heterocycles. The molecule has 9 aromatic rings. The van der Waals surface area contributed by atoms with E-state index < -0.39 is 0 Å². The molecule has 3 heteroatoms. The van der Waals surface area contributed by atoms with Crippen molar-refractivity contribution in [2.24, 2.45) is 0 Å². The average molecular weight is 641 g/mol. The first-order valence-corrected chi connectivity index (χ1v) is 17.1. The second-order valence-electron chi connectivity index (χ2n) is 13.0. The van der Waals surface area contributed by atoms with Crippen molar-refractivity contribution in [2.45, 2.75) is 6.23 Å². The highest BCUT2D eigenvalue weighted by molar-refractivity contribution is 6.18. The normalized spacial score (nSPS) is 13.7. The van der Waals surface area contributed by atoms with Crippen molar-refractivity contribution in [1.29, 1.82) is 0 Å². The monoisotopic (exact) mass is 640 g/mol. The lowest BCUT2D eigenvalue weighted by atomic mass is 9.95. The number of hydrogen-bond acceptors (Lipinski definition) is 3.